The number of nitrogens with one attached hydrogen (secondary N) is 1. The Balaban J connectivity index is 1.49. The Bertz CT molecular complexity index is 997. The van der Waals surface area contributed by atoms with Gasteiger partial charge in [-0.25, -0.2) is 9.37 Å². The molecule has 1 aliphatic rings. The number of amides is 1. The van der Waals surface area contributed by atoms with Crippen molar-refractivity contribution < 1.29 is 13.6 Å². The molecule has 3 heterocycles. The third-order valence-corrected chi connectivity index (χ3v) is 5.54. The minimum Gasteiger partial charge on any atom is -0.443 e. The Morgan fingerprint density at radius 2 is 2.23 bits per heavy atom. The largest absolute Gasteiger partial charge is 0.443 e. The van der Waals surface area contributed by atoms with Crippen LogP contribution < -0.4 is 0 Å². The van der Waals surface area contributed by atoms with Crippen LogP contribution in [0.1, 0.15) is 78.5 Å². The van der Waals surface area contributed by atoms with Crippen molar-refractivity contribution in [2.75, 3.05) is 6.54 Å². The number of halogens is 1. The predicted octanol–water partition coefficient (Wildman–Crippen LogP) is 4.84. The van der Waals surface area contributed by atoms with Crippen LogP contribution in [0.3, 0.4) is 0 Å². The molecule has 1 amide bonds. The molecule has 4 rings (SSSR count). The van der Waals surface area contributed by atoms with Crippen LogP contribution in [0.5, 0.6) is 0 Å². The van der Waals surface area contributed by atoms with Crippen LogP contribution in [0, 0.1) is 5.82 Å². The molecule has 0 spiro atoms. The molecule has 7 heteroatoms. The maximum atomic E-state index is 13.4. The van der Waals surface area contributed by atoms with Crippen LogP contribution in [-0.2, 0) is 12.8 Å². The van der Waals surface area contributed by atoms with Crippen molar-refractivity contribution in [1.29, 1.82) is 0 Å². The Morgan fingerprint density at radius 3 is 3.07 bits per heavy atom. The number of piperidine rings is 1. The van der Waals surface area contributed by atoms with E-state index in [0.717, 1.165) is 49.8 Å². The van der Waals surface area contributed by atoms with Gasteiger partial charge >= 0.3 is 0 Å². The number of aromatic nitrogens is 3. The molecule has 1 unspecified atom stereocenters. The molecule has 158 valence electrons. The molecule has 30 heavy (non-hydrogen) atoms. The second kappa shape index (κ2) is 9.24. The molecule has 1 aliphatic heterocycles. The fourth-order valence-corrected chi connectivity index (χ4v) is 3.95. The van der Waals surface area contributed by atoms with Gasteiger partial charge in [0.25, 0.3) is 5.91 Å². The molecule has 1 N–H and O–H groups in total. The van der Waals surface area contributed by atoms with E-state index >= 15 is 0 Å². The standard InChI is InChI=1S/C23H27FN4O2/c1-2-3-9-18-14-20(27-26-18)23(29)28-11-5-4-10-21(28)22-25-15-19(30-22)13-16-7-6-8-17(24)12-16/h6-8,12,14-15,21H,2-5,9-11,13H2,1H3,(H,26,27). The van der Waals surface area contributed by atoms with E-state index in [0.29, 0.717) is 30.3 Å². The van der Waals surface area contributed by atoms with Crippen molar-refractivity contribution in [1.82, 2.24) is 20.1 Å². The molecule has 1 fully saturated rings. The highest BCUT2D eigenvalue weighted by molar-refractivity contribution is 5.92. The second-order valence-electron chi connectivity index (χ2n) is 7.86. The van der Waals surface area contributed by atoms with E-state index in [4.69, 9.17) is 4.42 Å². The SMILES string of the molecule is CCCCc1cc(C(=O)N2CCCCC2c2ncc(Cc3cccc(F)c3)o2)n[nH]1. The van der Waals surface area contributed by atoms with Gasteiger partial charge in [-0.2, -0.15) is 5.10 Å². The maximum absolute atomic E-state index is 13.4. The van der Waals surface area contributed by atoms with Gasteiger partial charge in [0.1, 0.15) is 23.3 Å². The van der Waals surface area contributed by atoms with Crippen LogP contribution in [-0.4, -0.2) is 32.5 Å². The fourth-order valence-electron chi connectivity index (χ4n) is 3.95. The number of hydrogen-bond donors (Lipinski definition) is 1. The number of H-pyrrole nitrogens is 1. The van der Waals surface area contributed by atoms with Crippen molar-refractivity contribution in [3.05, 3.63) is 70.9 Å². The Morgan fingerprint density at radius 1 is 1.33 bits per heavy atom. The quantitative estimate of drug-likeness (QED) is 0.605. The number of oxazole rings is 1. The molecule has 1 atom stereocenters. The lowest BCUT2D eigenvalue weighted by molar-refractivity contribution is 0.0564. The van der Waals surface area contributed by atoms with Crippen molar-refractivity contribution in [3.8, 4) is 0 Å². The maximum Gasteiger partial charge on any atom is 0.275 e. The number of benzene rings is 1. The third kappa shape index (κ3) is 4.61. The van der Waals surface area contributed by atoms with Gasteiger partial charge in [-0.3, -0.25) is 9.89 Å². The van der Waals surface area contributed by atoms with Crippen molar-refractivity contribution in [3.63, 3.8) is 0 Å². The average molecular weight is 410 g/mol. The number of hydrogen-bond acceptors (Lipinski definition) is 4. The number of unbranched alkanes of at least 4 members (excludes halogenated alkanes) is 1. The van der Waals surface area contributed by atoms with Crippen LogP contribution in [0.25, 0.3) is 0 Å². The lowest BCUT2D eigenvalue weighted by Crippen LogP contribution is -2.38. The summed E-state index contributed by atoms with van der Waals surface area (Å²) in [4.78, 5) is 19.4. The molecular formula is C23H27FN4O2. The van der Waals surface area contributed by atoms with E-state index in [1.54, 1.807) is 12.3 Å². The first-order chi connectivity index (χ1) is 14.6. The summed E-state index contributed by atoms with van der Waals surface area (Å²) in [5.74, 6) is 0.837. The summed E-state index contributed by atoms with van der Waals surface area (Å²) in [6.07, 6.45) is 7.96. The second-order valence-corrected chi connectivity index (χ2v) is 7.86. The van der Waals surface area contributed by atoms with Gasteiger partial charge in [-0.05, 0) is 55.9 Å². The summed E-state index contributed by atoms with van der Waals surface area (Å²) in [7, 11) is 0. The fraction of sp³-hybridized carbons (Fsp3) is 0.435. The molecule has 1 saturated heterocycles. The van der Waals surface area contributed by atoms with Crippen LogP contribution in [0.15, 0.2) is 40.9 Å². The zero-order valence-electron chi connectivity index (χ0n) is 17.2. The number of carbonyl (C=O) groups excluding carboxylic acids is 1. The summed E-state index contributed by atoms with van der Waals surface area (Å²) < 4.78 is 19.4. The van der Waals surface area contributed by atoms with Crippen molar-refractivity contribution in [2.24, 2.45) is 0 Å². The van der Waals surface area contributed by atoms with Gasteiger partial charge < -0.3 is 9.32 Å². The molecule has 0 radical (unpaired) electrons. The van der Waals surface area contributed by atoms with E-state index in [1.807, 2.05) is 17.0 Å². The molecule has 1 aromatic carbocycles. The lowest BCUT2D eigenvalue weighted by Gasteiger charge is -2.33. The molecule has 3 aromatic rings. The summed E-state index contributed by atoms with van der Waals surface area (Å²) in [6.45, 7) is 2.79. The minimum absolute atomic E-state index is 0.0939. The summed E-state index contributed by atoms with van der Waals surface area (Å²) >= 11 is 0. The number of likely N-dealkylation sites (tertiary alicyclic amines) is 1. The number of rotatable bonds is 7. The van der Waals surface area contributed by atoms with Gasteiger partial charge in [0, 0.05) is 18.7 Å². The van der Waals surface area contributed by atoms with Gasteiger partial charge in [-0.15, -0.1) is 0 Å². The number of aromatic amines is 1. The highest BCUT2D eigenvalue weighted by atomic mass is 19.1. The van der Waals surface area contributed by atoms with Crippen LogP contribution in [0.4, 0.5) is 4.39 Å². The average Bonchev–Trinajstić information content (AvgIpc) is 3.41. The summed E-state index contributed by atoms with van der Waals surface area (Å²) in [5.41, 5.74) is 2.26. The third-order valence-electron chi connectivity index (χ3n) is 5.54. The first-order valence-corrected chi connectivity index (χ1v) is 10.7. The molecule has 0 bridgehead atoms. The predicted molar refractivity (Wildman–Crippen MR) is 111 cm³/mol. The first kappa shape index (κ1) is 20.3. The molecule has 2 aromatic heterocycles. The van der Waals surface area contributed by atoms with E-state index in [9.17, 15) is 9.18 Å². The van der Waals surface area contributed by atoms with Crippen LogP contribution in [0.2, 0.25) is 0 Å². The zero-order valence-corrected chi connectivity index (χ0v) is 17.2. The molecule has 6 nitrogen and oxygen atoms in total. The Kier molecular flexibility index (Phi) is 6.26. The van der Waals surface area contributed by atoms with Gasteiger partial charge in [0.2, 0.25) is 5.89 Å². The number of nitrogens with zero attached hydrogens (tertiary/aromatic N) is 3. The highest BCUT2D eigenvalue weighted by Gasteiger charge is 2.33. The normalized spacial score (nSPS) is 16.7. The summed E-state index contributed by atoms with van der Waals surface area (Å²) in [5, 5.41) is 7.22. The molecular weight excluding hydrogens is 383 g/mol. The minimum atomic E-state index is -0.270. The highest BCUT2D eigenvalue weighted by Crippen LogP contribution is 2.32. The lowest BCUT2D eigenvalue weighted by atomic mass is 10.0. The van der Waals surface area contributed by atoms with Gasteiger partial charge in [0.15, 0.2) is 0 Å². The molecule has 0 aliphatic carbocycles. The smallest absolute Gasteiger partial charge is 0.275 e. The number of aryl methyl sites for hydroxylation is 1. The first-order valence-electron chi connectivity index (χ1n) is 10.7. The van der Waals surface area contributed by atoms with Gasteiger partial charge in [0.05, 0.1) is 6.20 Å². The molecule has 0 saturated carbocycles. The van der Waals surface area contributed by atoms with Crippen LogP contribution >= 0.6 is 0 Å². The van der Waals surface area contributed by atoms with E-state index in [1.165, 1.54) is 12.1 Å². The summed E-state index contributed by atoms with van der Waals surface area (Å²) in [6, 6.07) is 8.10. The number of carbonyl (C=O) groups is 1. The van der Waals surface area contributed by atoms with E-state index in [2.05, 4.69) is 22.1 Å². The monoisotopic (exact) mass is 410 g/mol. The van der Waals surface area contributed by atoms with Gasteiger partial charge in [-0.1, -0.05) is 25.5 Å². The topological polar surface area (TPSA) is 75.0 Å². The zero-order chi connectivity index (χ0) is 20.9. The van der Waals surface area contributed by atoms with Crippen molar-refractivity contribution in [2.45, 2.75) is 57.9 Å². The van der Waals surface area contributed by atoms with E-state index < -0.39 is 0 Å². The van der Waals surface area contributed by atoms with Crippen molar-refractivity contribution >= 4 is 5.91 Å². The van der Waals surface area contributed by atoms with E-state index in [-0.39, 0.29) is 17.8 Å². The Hall–Kier alpha value is -2.96. The Labute approximate surface area is 175 Å².